The third-order valence-electron chi connectivity index (χ3n) is 7.21. The van der Waals surface area contributed by atoms with Gasteiger partial charge in [-0.2, -0.15) is 0 Å². The van der Waals surface area contributed by atoms with E-state index in [4.69, 9.17) is 4.98 Å². The van der Waals surface area contributed by atoms with Gasteiger partial charge in [-0.05, 0) is 75.4 Å². The molecule has 1 aromatic heterocycles. The molecule has 3 N–H and O–H groups in total. The zero-order valence-corrected chi connectivity index (χ0v) is 20.3. The summed E-state index contributed by atoms with van der Waals surface area (Å²) in [7, 11) is 2.01. The van der Waals surface area contributed by atoms with Crippen molar-refractivity contribution in [1.29, 1.82) is 0 Å². The minimum absolute atomic E-state index is 0.134. The maximum Gasteiger partial charge on any atom is 0.227 e. The van der Waals surface area contributed by atoms with Crippen molar-refractivity contribution in [2.45, 2.75) is 57.9 Å². The third-order valence-corrected chi connectivity index (χ3v) is 7.21. The molecule has 2 aliphatic rings. The first-order chi connectivity index (χ1) is 15.9. The normalized spacial score (nSPS) is 18.6. The van der Waals surface area contributed by atoms with E-state index in [9.17, 15) is 0 Å². The summed E-state index contributed by atoms with van der Waals surface area (Å²) in [6.45, 7) is 9.70. The van der Waals surface area contributed by atoms with E-state index in [-0.39, 0.29) is 5.54 Å². The van der Waals surface area contributed by atoms with Crippen LogP contribution in [0.15, 0.2) is 36.5 Å². The van der Waals surface area contributed by atoms with E-state index in [2.05, 4.69) is 76.9 Å². The molecule has 0 unspecified atom stereocenters. The summed E-state index contributed by atoms with van der Waals surface area (Å²) in [5.41, 5.74) is 7.27. The second-order valence-electron chi connectivity index (χ2n) is 10.2. The Labute approximate surface area is 197 Å². The first-order valence-corrected chi connectivity index (χ1v) is 12.3. The summed E-state index contributed by atoms with van der Waals surface area (Å²) in [4.78, 5) is 12.1. The summed E-state index contributed by atoms with van der Waals surface area (Å²) in [5, 5.41) is 11.6. The van der Waals surface area contributed by atoms with Gasteiger partial charge in [0.2, 0.25) is 5.95 Å². The SMILES string of the molecule is CNc1cc(C)c2cnc(Nc3ccc(N4CCNC(C)(C)C4)cc3)nc2c1C1CCCC1. The molecule has 33 heavy (non-hydrogen) atoms. The molecule has 2 fully saturated rings. The van der Waals surface area contributed by atoms with Gasteiger partial charge in [0.05, 0.1) is 5.52 Å². The van der Waals surface area contributed by atoms with Crippen LogP contribution in [0.25, 0.3) is 10.9 Å². The zero-order valence-electron chi connectivity index (χ0n) is 20.3. The van der Waals surface area contributed by atoms with Gasteiger partial charge in [-0.25, -0.2) is 9.97 Å². The summed E-state index contributed by atoms with van der Waals surface area (Å²) >= 11 is 0. The van der Waals surface area contributed by atoms with E-state index in [0.717, 1.165) is 36.2 Å². The Morgan fingerprint density at radius 2 is 1.88 bits per heavy atom. The molecule has 0 atom stereocenters. The number of hydrogen-bond donors (Lipinski definition) is 3. The molecular weight excluding hydrogens is 408 g/mol. The number of aromatic nitrogens is 2. The molecule has 0 radical (unpaired) electrons. The Morgan fingerprint density at radius 1 is 1.12 bits per heavy atom. The van der Waals surface area contributed by atoms with Gasteiger partial charge in [-0.1, -0.05) is 12.8 Å². The quantitative estimate of drug-likeness (QED) is 0.478. The van der Waals surface area contributed by atoms with Crippen LogP contribution in [0, 0.1) is 6.92 Å². The van der Waals surface area contributed by atoms with Crippen molar-refractivity contribution >= 4 is 33.9 Å². The van der Waals surface area contributed by atoms with Crippen LogP contribution in [0.2, 0.25) is 0 Å². The van der Waals surface area contributed by atoms with Gasteiger partial charge >= 0.3 is 0 Å². The lowest BCUT2D eigenvalue weighted by molar-refractivity contribution is 0.353. The summed E-state index contributed by atoms with van der Waals surface area (Å²) < 4.78 is 0. The van der Waals surface area contributed by atoms with Gasteiger partial charge in [0.1, 0.15) is 0 Å². The molecule has 6 nitrogen and oxygen atoms in total. The number of hydrogen-bond acceptors (Lipinski definition) is 6. The number of fused-ring (bicyclic) bond motifs is 1. The van der Waals surface area contributed by atoms with Crippen molar-refractivity contribution < 1.29 is 0 Å². The molecule has 5 rings (SSSR count). The Morgan fingerprint density at radius 3 is 2.58 bits per heavy atom. The van der Waals surface area contributed by atoms with Gasteiger partial charge < -0.3 is 20.9 Å². The van der Waals surface area contributed by atoms with Crippen LogP contribution in [0.3, 0.4) is 0 Å². The summed E-state index contributed by atoms with van der Waals surface area (Å²) in [5.74, 6) is 1.23. The zero-order chi connectivity index (χ0) is 23.0. The monoisotopic (exact) mass is 444 g/mol. The van der Waals surface area contributed by atoms with E-state index in [0.29, 0.717) is 11.9 Å². The lowest BCUT2D eigenvalue weighted by Crippen LogP contribution is -2.57. The molecule has 1 saturated carbocycles. The lowest BCUT2D eigenvalue weighted by Gasteiger charge is -2.40. The smallest absolute Gasteiger partial charge is 0.227 e. The van der Waals surface area contributed by atoms with Crippen LogP contribution in [0.5, 0.6) is 0 Å². The first-order valence-electron chi connectivity index (χ1n) is 12.3. The van der Waals surface area contributed by atoms with Crippen LogP contribution in [-0.2, 0) is 0 Å². The first kappa shape index (κ1) is 22.0. The number of anilines is 4. The molecule has 1 saturated heterocycles. The second-order valence-corrected chi connectivity index (χ2v) is 10.2. The summed E-state index contributed by atoms with van der Waals surface area (Å²) in [6.07, 6.45) is 7.06. The van der Waals surface area contributed by atoms with E-state index in [1.165, 1.54) is 48.2 Å². The van der Waals surface area contributed by atoms with Gasteiger partial charge in [-0.3, -0.25) is 0 Å². The van der Waals surface area contributed by atoms with E-state index in [1.54, 1.807) is 0 Å². The molecule has 0 amide bonds. The molecular formula is C27H36N6. The van der Waals surface area contributed by atoms with Gasteiger partial charge in [0, 0.05) is 66.4 Å². The maximum absolute atomic E-state index is 5.03. The van der Waals surface area contributed by atoms with E-state index < -0.39 is 0 Å². The van der Waals surface area contributed by atoms with Crippen LogP contribution in [0.1, 0.15) is 56.6 Å². The highest BCUT2D eigenvalue weighted by atomic mass is 15.2. The van der Waals surface area contributed by atoms with Gasteiger partial charge in [0.15, 0.2) is 0 Å². The molecule has 1 aliphatic carbocycles. The average molecular weight is 445 g/mol. The molecule has 2 heterocycles. The molecule has 6 heteroatoms. The van der Waals surface area contributed by atoms with Gasteiger partial charge in [0.25, 0.3) is 0 Å². The Kier molecular flexibility index (Phi) is 5.87. The number of nitrogens with zero attached hydrogens (tertiary/aromatic N) is 3. The number of nitrogens with one attached hydrogen (secondary N) is 3. The van der Waals surface area contributed by atoms with Crippen molar-refractivity contribution in [3.8, 4) is 0 Å². The van der Waals surface area contributed by atoms with Crippen molar-refractivity contribution in [3.05, 3.63) is 47.7 Å². The van der Waals surface area contributed by atoms with Crippen LogP contribution in [-0.4, -0.2) is 42.2 Å². The Balaban J connectivity index is 1.43. The molecule has 0 spiro atoms. The largest absolute Gasteiger partial charge is 0.388 e. The fourth-order valence-corrected chi connectivity index (χ4v) is 5.52. The van der Waals surface area contributed by atoms with Crippen molar-refractivity contribution in [3.63, 3.8) is 0 Å². The highest BCUT2D eigenvalue weighted by Crippen LogP contribution is 2.42. The number of benzene rings is 2. The fourth-order valence-electron chi connectivity index (χ4n) is 5.52. The topological polar surface area (TPSA) is 65.1 Å². The lowest BCUT2D eigenvalue weighted by atomic mass is 9.91. The minimum atomic E-state index is 0.134. The molecule has 174 valence electrons. The molecule has 1 aliphatic heterocycles. The van der Waals surface area contributed by atoms with E-state index >= 15 is 0 Å². The second kappa shape index (κ2) is 8.82. The Bertz CT molecular complexity index is 1130. The standard InChI is InChI=1S/C27H36N6/c1-18-15-23(28-4)24(19-7-5-6-8-19)25-22(18)16-29-26(32-25)31-20-9-11-21(12-10-20)33-14-13-30-27(2,3)17-33/h9-12,15-16,19,28,30H,5-8,13-14,17H2,1-4H3,(H,29,31,32). The average Bonchev–Trinajstić information content (AvgIpc) is 3.33. The highest BCUT2D eigenvalue weighted by molar-refractivity contribution is 5.90. The van der Waals surface area contributed by atoms with Crippen molar-refractivity contribution in [2.75, 3.05) is 42.2 Å². The van der Waals surface area contributed by atoms with Gasteiger partial charge in [-0.15, -0.1) is 0 Å². The third kappa shape index (κ3) is 4.49. The molecule has 0 bridgehead atoms. The van der Waals surface area contributed by atoms with Crippen molar-refractivity contribution in [1.82, 2.24) is 15.3 Å². The fraction of sp³-hybridized carbons (Fsp3) is 0.481. The Hall–Kier alpha value is -2.86. The molecule has 2 aromatic carbocycles. The maximum atomic E-state index is 5.03. The van der Waals surface area contributed by atoms with E-state index in [1.807, 2.05) is 13.2 Å². The predicted octanol–water partition coefficient (Wildman–Crippen LogP) is 5.57. The predicted molar refractivity (Wildman–Crippen MR) is 139 cm³/mol. The number of aryl methyl sites for hydroxylation is 1. The van der Waals surface area contributed by atoms with Crippen LogP contribution >= 0.6 is 0 Å². The number of piperazine rings is 1. The highest BCUT2D eigenvalue weighted by Gasteiger charge is 2.26. The van der Waals surface area contributed by atoms with Crippen LogP contribution < -0.4 is 20.9 Å². The number of rotatable bonds is 5. The van der Waals surface area contributed by atoms with Crippen molar-refractivity contribution in [2.24, 2.45) is 0 Å². The molecule has 3 aromatic rings. The van der Waals surface area contributed by atoms with Crippen LogP contribution in [0.4, 0.5) is 23.0 Å². The summed E-state index contributed by atoms with van der Waals surface area (Å²) in [6, 6.07) is 10.9. The minimum Gasteiger partial charge on any atom is -0.388 e.